The van der Waals surface area contributed by atoms with E-state index in [2.05, 4.69) is 23.6 Å². The molecule has 2 N–H and O–H groups in total. The average Bonchev–Trinajstić information content (AvgIpc) is 3.24. The number of benzene rings is 2. The van der Waals surface area contributed by atoms with Crippen molar-refractivity contribution in [1.82, 2.24) is 0 Å². The van der Waals surface area contributed by atoms with E-state index in [4.69, 9.17) is 0 Å². The van der Waals surface area contributed by atoms with Crippen LogP contribution < -0.4 is 10.6 Å². The number of nitriles is 1. The van der Waals surface area contributed by atoms with E-state index in [0.29, 0.717) is 23.4 Å². The molecule has 33 heavy (non-hydrogen) atoms. The van der Waals surface area contributed by atoms with Gasteiger partial charge in [-0.15, -0.1) is 23.1 Å². The Labute approximate surface area is 203 Å². The first-order chi connectivity index (χ1) is 16.0. The van der Waals surface area contributed by atoms with Crippen molar-refractivity contribution in [3.63, 3.8) is 0 Å². The lowest BCUT2D eigenvalue weighted by Gasteiger charge is -2.15. The van der Waals surface area contributed by atoms with Crippen molar-refractivity contribution in [3.05, 3.63) is 65.5 Å². The van der Waals surface area contributed by atoms with Gasteiger partial charge in [0.1, 0.15) is 11.1 Å². The number of amides is 2. The molecule has 0 aliphatic rings. The number of rotatable bonds is 10. The molecular weight excluding hydrogens is 450 g/mol. The van der Waals surface area contributed by atoms with Gasteiger partial charge in [-0.3, -0.25) is 9.59 Å². The van der Waals surface area contributed by atoms with Crippen LogP contribution in [0.1, 0.15) is 45.1 Å². The summed E-state index contributed by atoms with van der Waals surface area (Å²) in [7, 11) is 0. The van der Waals surface area contributed by atoms with Crippen molar-refractivity contribution in [2.75, 3.05) is 10.6 Å². The monoisotopic (exact) mass is 477 g/mol. The zero-order valence-corrected chi connectivity index (χ0v) is 20.4. The quantitative estimate of drug-likeness (QED) is 0.310. The molecule has 1 atom stereocenters. The normalized spacial score (nSPS) is 11.4. The van der Waals surface area contributed by atoms with Crippen LogP contribution in [0, 0.1) is 11.3 Å². The van der Waals surface area contributed by atoms with Gasteiger partial charge in [-0.1, -0.05) is 56.7 Å². The summed E-state index contributed by atoms with van der Waals surface area (Å²) in [6.45, 7) is 4.02. The van der Waals surface area contributed by atoms with Gasteiger partial charge < -0.3 is 10.6 Å². The van der Waals surface area contributed by atoms with Crippen LogP contribution in [0.5, 0.6) is 0 Å². The van der Waals surface area contributed by atoms with E-state index in [-0.39, 0.29) is 17.1 Å². The molecular formula is C26H27N3O2S2. The second-order valence-electron chi connectivity index (χ2n) is 7.51. The number of carbonyl (C=O) groups excluding carboxylic acids is 2. The zero-order chi connectivity index (χ0) is 23.6. The number of nitrogens with zero attached hydrogens (tertiary/aromatic N) is 1. The van der Waals surface area contributed by atoms with Gasteiger partial charge >= 0.3 is 0 Å². The van der Waals surface area contributed by atoms with Crippen molar-refractivity contribution in [1.29, 1.82) is 5.26 Å². The van der Waals surface area contributed by atoms with Gasteiger partial charge in [0, 0.05) is 27.9 Å². The summed E-state index contributed by atoms with van der Waals surface area (Å²) in [6.07, 6.45) is 2.96. The number of hydrogen-bond acceptors (Lipinski definition) is 5. The smallest absolute Gasteiger partial charge is 0.238 e. The molecule has 0 radical (unpaired) electrons. The lowest BCUT2D eigenvalue weighted by atomic mass is 10.1. The summed E-state index contributed by atoms with van der Waals surface area (Å²) < 4.78 is 0. The molecule has 1 aromatic heterocycles. The molecule has 170 valence electrons. The molecule has 3 rings (SSSR count). The van der Waals surface area contributed by atoms with Crippen LogP contribution in [0.3, 0.4) is 0 Å². The van der Waals surface area contributed by atoms with Gasteiger partial charge in [0.2, 0.25) is 11.8 Å². The van der Waals surface area contributed by atoms with Crippen molar-refractivity contribution in [2.45, 2.75) is 49.7 Å². The maximum Gasteiger partial charge on any atom is 0.238 e. The third kappa shape index (κ3) is 6.70. The number of carbonyl (C=O) groups is 2. The molecule has 1 unspecified atom stereocenters. The van der Waals surface area contributed by atoms with Gasteiger partial charge in [-0.2, -0.15) is 5.26 Å². The Morgan fingerprint density at radius 3 is 2.58 bits per heavy atom. The van der Waals surface area contributed by atoms with Crippen molar-refractivity contribution in [2.24, 2.45) is 0 Å². The zero-order valence-electron chi connectivity index (χ0n) is 18.8. The first-order valence-electron chi connectivity index (χ1n) is 11.0. The fraction of sp³-hybridized carbons (Fsp3) is 0.269. The minimum atomic E-state index is -0.329. The molecule has 2 aromatic carbocycles. The second kappa shape index (κ2) is 12.2. The molecule has 0 spiro atoms. The van der Waals surface area contributed by atoms with E-state index in [9.17, 15) is 14.9 Å². The molecule has 0 saturated carbocycles. The summed E-state index contributed by atoms with van der Waals surface area (Å²) in [5.41, 5.74) is 2.99. The van der Waals surface area contributed by atoms with Gasteiger partial charge in [-0.25, -0.2) is 0 Å². The highest BCUT2D eigenvalue weighted by Crippen LogP contribution is 2.36. The predicted molar refractivity (Wildman–Crippen MR) is 138 cm³/mol. The summed E-state index contributed by atoms with van der Waals surface area (Å²) in [5, 5.41) is 17.7. The molecule has 0 fully saturated rings. The topological polar surface area (TPSA) is 82.0 Å². The van der Waals surface area contributed by atoms with Crippen molar-refractivity contribution >= 4 is 45.6 Å². The lowest BCUT2D eigenvalue weighted by molar-refractivity contribution is -0.116. The largest absolute Gasteiger partial charge is 0.326 e. The lowest BCUT2D eigenvalue weighted by Crippen LogP contribution is -2.24. The molecule has 0 aliphatic carbocycles. The number of thiophene rings is 1. The maximum absolute atomic E-state index is 13.0. The fourth-order valence-electron chi connectivity index (χ4n) is 3.28. The van der Waals surface area contributed by atoms with E-state index in [1.807, 2.05) is 66.9 Å². The van der Waals surface area contributed by atoms with Crippen LogP contribution in [-0.2, 0) is 9.59 Å². The average molecular weight is 478 g/mol. The van der Waals surface area contributed by atoms with Crippen molar-refractivity contribution < 1.29 is 9.59 Å². The first kappa shape index (κ1) is 24.6. The highest BCUT2D eigenvalue weighted by molar-refractivity contribution is 8.00. The number of hydrogen-bond donors (Lipinski definition) is 2. The summed E-state index contributed by atoms with van der Waals surface area (Å²) in [6, 6.07) is 19.5. The van der Waals surface area contributed by atoms with E-state index < -0.39 is 0 Å². The van der Waals surface area contributed by atoms with Crippen LogP contribution in [0.2, 0.25) is 0 Å². The van der Waals surface area contributed by atoms with Crippen LogP contribution in [0.15, 0.2) is 64.9 Å². The van der Waals surface area contributed by atoms with E-state index >= 15 is 0 Å². The number of unbranched alkanes of at least 4 members (excludes halogenated alkanes) is 1. The first-order valence-corrected chi connectivity index (χ1v) is 12.8. The number of nitrogens with one attached hydrogen (secondary N) is 2. The van der Waals surface area contributed by atoms with Gasteiger partial charge in [-0.05, 0) is 36.6 Å². The molecule has 3 aromatic rings. The standard InChI is InChI=1S/C26H27N3O2S2/c1-3-5-14-24(30)28-19-12-9-13-20(15-19)33-23(4-2)25(31)29-26-21(16-27)22(17-32-26)18-10-7-6-8-11-18/h6-13,15,17,23H,3-5,14H2,1-2H3,(H,28,30)(H,29,31). The molecule has 0 saturated heterocycles. The van der Waals surface area contributed by atoms with Crippen LogP contribution >= 0.6 is 23.1 Å². The molecule has 0 aliphatic heterocycles. The molecule has 1 heterocycles. The Bertz CT molecular complexity index is 1140. The summed E-state index contributed by atoms with van der Waals surface area (Å²) in [5.74, 6) is -0.141. The second-order valence-corrected chi connectivity index (χ2v) is 9.67. The van der Waals surface area contributed by atoms with Gasteiger partial charge in [0.05, 0.1) is 10.8 Å². The Balaban J connectivity index is 1.69. The third-order valence-electron chi connectivity index (χ3n) is 5.04. The molecule has 7 heteroatoms. The van der Waals surface area contributed by atoms with Crippen LogP contribution in [-0.4, -0.2) is 17.1 Å². The minimum absolute atomic E-state index is 0.000247. The minimum Gasteiger partial charge on any atom is -0.326 e. The highest BCUT2D eigenvalue weighted by Gasteiger charge is 2.22. The summed E-state index contributed by atoms with van der Waals surface area (Å²) >= 11 is 2.81. The van der Waals surface area contributed by atoms with Crippen LogP contribution in [0.4, 0.5) is 10.7 Å². The molecule has 2 amide bonds. The van der Waals surface area contributed by atoms with Gasteiger partial charge in [0.25, 0.3) is 0 Å². The Morgan fingerprint density at radius 2 is 1.88 bits per heavy atom. The highest BCUT2D eigenvalue weighted by atomic mass is 32.2. The summed E-state index contributed by atoms with van der Waals surface area (Å²) in [4.78, 5) is 26.0. The molecule has 5 nitrogen and oxygen atoms in total. The predicted octanol–water partition coefficient (Wildman–Crippen LogP) is 6.92. The van der Waals surface area contributed by atoms with Crippen LogP contribution in [0.25, 0.3) is 11.1 Å². The fourth-order valence-corrected chi connectivity index (χ4v) is 5.21. The van der Waals surface area contributed by atoms with E-state index in [1.54, 1.807) is 0 Å². The Morgan fingerprint density at radius 1 is 1.09 bits per heavy atom. The van der Waals surface area contributed by atoms with E-state index in [0.717, 1.165) is 34.6 Å². The molecule has 0 bridgehead atoms. The van der Waals surface area contributed by atoms with E-state index in [1.165, 1.54) is 23.1 Å². The maximum atomic E-state index is 13.0. The van der Waals surface area contributed by atoms with Crippen molar-refractivity contribution in [3.8, 4) is 17.2 Å². The number of thioether (sulfide) groups is 1. The number of anilines is 2. The Hall–Kier alpha value is -3.08. The van der Waals surface area contributed by atoms with Gasteiger partial charge in [0.15, 0.2) is 0 Å². The Kier molecular flexibility index (Phi) is 9.11. The third-order valence-corrected chi connectivity index (χ3v) is 7.29. The SMILES string of the molecule is CCCCC(=O)Nc1cccc(SC(CC)C(=O)Nc2scc(-c3ccccc3)c2C#N)c1.